The first-order valence-corrected chi connectivity index (χ1v) is 4.76. The molecule has 1 aliphatic heterocycles. The number of aromatic nitrogens is 2. The number of hydrogen-bond acceptors (Lipinski definition) is 1. The fourth-order valence-corrected chi connectivity index (χ4v) is 2.17. The number of benzene rings is 1. The third-order valence-electron chi connectivity index (χ3n) is 3.16. The van der Waals surface area contributed by atoms with Crippen LogP contribution in [0, 0.1) is 0 Å². The Kier molecular flexibility index (Phi) is 1.17. The Balaban J connectivity index is 2.39. The molecule has 0 spiro atoms. The van der Waals surface area contributed by atoms with Crippen LogP contribution in [-0.4, -0.2) is 9.55 Å². The Labute approximate surface area is 77.2 Å². The van der Waals surface area contributed by atoms with E-state index in [0.717, 1.165) is 5.52 Å². The molecule has 0 N–H and O–H groups in total. The minimum absolute atomic E-state index is 0.613. The van der Waals surface area contributed by atoms with Gasteiger partial charge in [0.05, 0.1) is 11.0 Å². The highest BCUT2D eigenvalue weighted by molar-refractivity contribution is 5.77. The first-order valence-electron chi connectivity index (χ1n) is 4.76. The topological polar surface area (TPSA) is 17.8 Å². The Morgan fingerprint density at radius 3 is 2.85 bits per heavy atom. The lowest BCUT2D eigenvalue weighted by atomic mass is 9.95. The second kappa shape index (κ2) is 2.13. The predicted molar refractivity (Wildman–Crippen MR) is 52.9 cm³/mol. The summed E-state index contributed by atoms with van der Waals surface area (Å²) < 4.78 is 2.33. The molecular weight excluding hydrogens is 160 g/mol. The summed E-state index contributed by atoms with van der Waals surface area (Å²) in [6, 6.07) is 8.97. The van der Waals surface area contributed by atoms with Crippen LogP contribution < -0.4 is 0 Å². The van der Waals surface area contributed by atoms with Gasteiger partial charge in [-0.1, -0.05) is 19.1 Å². The molecule has 66 valence electrons. The summed E-state index contributed by atoms with van der Waals surface area (Å²) >= 11 is 0. The molecule has 1 aromatic heterocycles. The molecule has 3 rings (SSSR count). The van der Waals surface area contributed by atoms with Gasteiger partial charge in [-0.15, -0.1) is 0 Å². The van der Waals surface area contributed by atoms with Gasteiger partial charge in [0.1, 0.15) is 5.82 Å². The van der Waals surface area contributed by atoms with Gasteiger partial charge in [0.15, 0.2) is 0 Å². The van der Waals surface area contributed by atoms with Gasteiger partial charge < -0.3 is 4.57 Å². The molecule has 1 aromatic carbocycles. The number of fused-ring (bicyclic) bond motifs is 3. The maximum absolute atomic E-state index is 4.59. The molecule has 0 fully saturated rings. The molecule has 13 heavy (non-hydrogen) atoms. The van der Waals surface area contributed by atoms with Gasteiger partial charge in [0.25, 0.3) is 0 Å². The van der Waals surface area contributed by atoms with E-state index in [2.05, 4.69) is 41.6 Å². The minimum Gasteiger partial charge on any atom is -0.324 e. The van der Waals surface area contributed by atoms with E-state index in [1.54, 1.807) is 0 Å². The van der Waals surface area contributed by atoms with Crippen molar-refractivity contribution in [1.29, 1.82) is 0 Å². The van der Waals surface area contributed by atoms with Gasteiger partial charge in [-0.05, 0) is 19.1 Å². The van der Waals surface area contributed by atoms with Crippen LogP contribution in [0.3, 0.4) is 0 Å². The molecule has 0 aliphatic carbocycles. The van der Waals surface area contributed by atoms with Crippen molar-refractivity contribution in [1.82, 2.24) is 9.55 Å². The number of nitrogens with zero attached hydrogens (tertiary/aromatic N) is 2. The standard InChI is InChI=1S/C11H12N2/c1-7-8(2)13-10-6-4-3-5-9(10)12-11(7)13/h3-8H,1-2H3. The van der Waals surface area contributed by atoms with Crippen LogP contribution in [0.5, 0.6) is 0 Å². The highest BCUT2D eigenvalue weighted by atomic mass is 15.2. The first-order chi connectivity index (χ1) is 6.29. The summed E-state index contributed by atoms with van der Waals surface area (Å²) in [6.07, 6.45) is 0. The number of para-hydroxylation sites is 2. The molecule has 0 bridgehead atoms. The maximum Gasteiger partial charge on any atom is 0.115 e. The Hall–Kier alpha value is -1.31. The molecule has 2 atom stereocenters. The molecule has 2 aromatic rings. The van der Waals surface area contributed by atoms with Crippen LogP contribution in [0.2, 0.25) is 0 Å². The maximum atomic E-state index is 4.59. The first kappa shape index (κ1) is 7.13. The van der Waals surface area contributed by atoms with Crippen molar-refractivity contribution in [2.45, 2.75) is 25.8 Å². The van der Waals surface area contributed by atoms with Crippen LogP contribution in [0.25, 0.3) is 11.0 Å². The van der Waals surface area contributed by atoms with Crippen molar-refractivity contribution >= 4 is 11.0 Å². The zero-order valence-corrected chi connectivity index (χ0v) is 7.86. The van der Waals surface area contributed by atoms with E-state index in [1.165, 1.54) is 11.3 Å². The predicted octanol–water partition coefficient (Wildman–Crippen LogP) is 2.71. The normalized spacial score (nSPS) is 25.7. The van der Waals surface area contributed by atoms with E-state index in [0.29, 0.717) is 12.0 Å². The Morgan fingerprint density at radius 2 is 2.00 bits per heavy atom. The van der Waals surface area contributed by atoms with E-state index < -0.39 is 0 Å². The fraction of sp³-hybridized carbons (Fsp3) is 0.364. The fourth-order valence-electron chi connectivity index (χ4n) is 2.17. The lowest BCUT2D eigenvalue weighted by Gasteiger charge is -2.33. The van der Waals surface area contributed by atoms with Crippen LogP contribution >= 0.6 is 0 Å². The highest BCUT2D eigenvalue weighted by Gasteiger charge is 2.33. The van der Waals surface area contributed by atoms with Crippen molar-refractivity contribution in [3.8, 4) is 0 Å². The Morgan fingerprint density at radius 1 is 1.23 bits per heavy atom. The quantitative estimate of drug-likeness (QED) is 0.597. The molecule has 2 nitrogen and oxygen atoms in total. The molecule has 0 radical (unpaired) electrons. The summed E-state index contributed by atoms with van der Waals surface area (Å²) in [7, 11) is 0. The van der Waals surface area contributed by atoms with Gasteiger partial charge in [0.2, 0.25) is 0 Å². The van der Waals surface area contributed by atoms with Gasteiger partial charge in [-0.25, -0.2) is 4.98 Å². The molecule has 2 heteroatoms. The number of hydrogen-bond donors (Lipinski definition) is 0. The van der Waals surface area contributed by atoms with Crippen LogP contribution in [-0.2, 0) is 0 Å². The van der Waals surface area contributed by atoms with Gasteiger partial charge in [0, 0.05) is 12.0 Å². The van der Waals surface area contributed by atoms with Crippen molar-refractivity contribution in [2.75, 3.05) is 0 Å². The second-order valence-corrected chi connectivity index (χ2v) is 3.86. The second-order valence-electron chi connectivity index (χ2n) is 3.86. The van der Waals surface area contributed by atoms with E-state index in [1.807, 2.05) is 6.07 Å². The summed E-state index contributed by atoms with van der Waals surface area (Å²) in [4.78, 5) is 4.59. The van der Waals surface area contributed by atoms with Crippen LogP contribution in [0.4, 0.5) is 0 Å². The smallest absolute Gasteiger partial charge is 0.115 e. The molecule has 2 unspecified atom stereocenters. The average molecular weight is 172 g/mol. The lowest BCUT2D eigenvalue weighted by Crippen LogP contribution is -2.27. The Bertz CT molecular complexity index is 470. The third-order valence-corrected chi connectivity index (χ3v) is 3.16. The molecule has 0 saturated heterocycles. The minimum atomic E-state index is 0.613. The molecule has 0 amide bonds. The number of rotatable bonds is 0. The van der Waals surface area contributed by atoms with E-state index in [-0.39, 0.29) is 0 Å². The van der Waals surface area contributed by atoms with E-state index >= 15 is 0 Å². The van der Waals surface area contributed by atoms with Crippen molar-refractivity contribution in [3.63, 3.8) is 0 Å². The summed E-state index contributed by atoms with van der Waals surface area (Å²) in [6.45, 7) is 4.50. The van der Waals surface area contributed by atoms with Crippen LogP contribution in [0.15, 0.2) is 24.3 Å². The molecule has 1 aliphatic rings. The molecular formula is C11H12N2. The average Bonchev–Trinajstić information content (AvgIpc) is 2.52. The SMILES string of the molecule is CC1c2nc3ccccc3n2C1C. The molecule has 2 heterocycles. The summed E-state index contributed by atoms with van der Waals surface area (Å²) in [5.41, 5.74) is 2.41. The number of imidazole rings is 1. The van der Waals surface area contributed by atoms with E-state index in [4.69, 9.17) is 0 Å². The summed E-state index contributed by atoms with van der Waals surface area (Å²) in [5.74, 6) is 1.86. The molecule has 0 saturated carbocycles. The zero-order valence-electron chi connectivity index (χ0n) is 7.86. The lowest BCUT2D eigenvalue weighted by molar-refractivity contribution is 0.351. The van der Waals surface area contributed by atoms with Crippen molar-refractivity contribution in [3.05, 3.63) is 30.1 Å². The van der Waals surface area contributed by atoms with Gasteiger partial charge >= 0.3 is 0 Å². The van der Waals surface area contributed by atoms with Gasteiger partial charge in [-0.3, -0.25) is 0 Å². The monoisotopic (exact) mass is 172 g/mol. The highest BCUT2D eigenvalue weighted by Crippen LogP contribution is 2.41. The van der Waals surface area contributed by atoms with Crippen molar-refractivity contribution < 1.29 is 0 Å². The van der Waals surface area contributed by atoms with Crippen molar-refractivity contribution in [2.24, 2.45) is 0 Å². The largest absolute Gasteiger partial charge is 0.324 e. The zero-order chi connectivity index (χ0) is 9.00. The van der Waals surface area contributed by atoms with E-state index in [9.17, 15) is 0 Å². The van der Waals surface area contributed by atoms with Crippen LogP contribution in [0.1, 0.15) is 31.6 Å². The van der Waals surface area contributed by atoms with Gasteiger partial charge in [-0.2, -0.15) is 0 Å². The summed E-state index contributed by atoms with van der Waals surface area (Å²) in [5, 5.41) is 0. The third kappa shape index (κ3) is 0.711.